The van der Waals surface area contributed by atoms with E-state index < -0.39 is 17.5 Å². The standard InChI is InChI=1S/C10H12N2O4S/c1-2-15-8(14)10(4-3-7(13)16-10)6-5-17-9(11)12-6/h5H,2-4H2,1H3,(H2,11,12)/t10-/m1/s1. The van der Waals surface area contributed by atoms with Crippen LogP contribution >= 0.6 is 11.3 Å². The average molecular weight is 256 g/mol. The summed E-state index contributed by atoms with van der Waals surface area (Å²) in [4.78, 5) is 27.2. The molecule has 0 aromatic carbocycles. The van der Waals surface area contributed by atoms with Crippen molar-refractivity contribution in [3.8, 4) is 0 Å². The molecular weight excluding hydrogens is 244 g/mol. The van der Waals surface area contributed by atoms with Crippen molar-refractivity contribution < 1.29 is 19.1 Å². The first kappa shape index (κ1) is 11.8. The normalized spacial score (nSPS) is 23.5. The smallest absolute Gasteiger partial charge is 0.357 e. The van der Waals surface area contributed by atoms with Gasteiger partial charge in [-0.1, -0.05) is 0 Å². The largest absolute Gasteiger partial charge is 0.463 e. The highest BCUT2D eigenvalue weighted by Gasteiger charge is 2.52. The Morgan fingerprint density at radius 3 is 3.00 bits per heavy atom. The zero-order valence-electron chi connectivity index (χ0n) is 9.26. The Kier molecular flexibility index (Phi) is 3.01. The van der Waals surface area contributed by atoms with E-state index in [1.807, 2.05) is 0 Å². The van der Waals surface area contributed by atoms with Gasteiger partial charge < -0.3 is 15.2 Å². The molecule has 1 fully saturated rings. The predicted molar refractivity (Wildman–Crippen MR) is 60.2 cm³/mol. The van der Waals surface area contributed by atoms with Crippen molar-refractivity contribution in [1.82, 2.24) is 4.98 Å². The summed E-state index contributed by atoms with van der Waals surface area (Å²) in [6.07, 6.45) is 0.421. The van der Waals surface area contributed by atoms with Gasteiger partial charge in [-0.25, -0.2) is 9.78 Å². The Morgan fingerprint density at radius 2 is 2.53 bits per heavy atom. The highest BCUT2D eigenvalue weighted by Crippen LogP contribution is 2.38. The lowest BCUT2D eigenvalue weighted by Crippen LogP contribution is -2.37. The number of hydrogen-bond acceptors (Lipinski definition) is 7. The van der Waals surface area contributed by atoms with Gasteiger partial charge in [-0.3, -0.25) is 4.79 Å². The molecule has 6 nitrogen and oxygen atoms in total. The van der Waals surface area contributed by atoms with E-state index in [0.29, 0.717) is 10.8 Å². The van der Waals surface area contributed by atoms with E-state index in [1.165, 1.54) is 11.3 Å². The number of ether oxygens (including phenoxy) is 2. The van der Waals surface area contributed by atoms with Crippen LogP contribution in [-0.4, -0.2) is 23.5 Å². The van der Waals surface area contributed by atoms with Crippen LogP contribution < -0.4 is 5.73 Å². The number of carbonyl (C=O) groups excluding carboxylic acids is 2. The molecule has 1 aromatic heterocycles. The lowest BCUT2D eigenvalue weighted by atomic mass is 9.97. The third-order valence-corrected chi connectivity index (χ3v) is 3.18. The zero-order chi connectivity index (χ0) is 12.5. The Bertz CT molecular complexity index is 459. The van der Waals surface area contributed by atoms with Crippen LogP contribution in [0.1, 0.15) is 25.5 Å². The van der Waals surface area contributed by atoms with Crippen molar-refractivity contribution in [3.05, 3.63) is 11.1 Å². The molecule has 0 spiro atoms. The number of carbonyl (C=O) groups is 2. The fraction of sp³-hybridized carbons (Fsp3) is 0.500. The van der Waals surface area contributed by atoms with E-state index in [2.05, 4.69) is 4.98 Å². The Hall–Kier alpha value is -1.63. The minimum atomic E-state index is -1.40. The van der Waals surface area contributed by atoms with Crippen LogP contribution in [-0.2, 0) is 24.7 Å². The van der Waals surface area contributed by atoms with Crippen LogP contribution in [0.2, 0.25) is 0 Å². The minimum Gasteiger partial charge on any atom is -0.463 e. The van der Waals surface area contributed by atoms with Gasteiger partial charge in [-0.05, 0) is 6.92 Å². The molecule has 7 heteroatoms. The maximum absolute atomic E-state index is 11.9. The van der Waals surface area contributed by atoms with Crippen molar-refractivity contribution >= 4 is 28.4 Å². The van der Waals surface area contributed by atoms with Crippen molar-refractivity contribution in [2.24, 2.45) is 0 Å². The first-order valence-corrected chi connectivity index (χ1v) is 6.07. The maximum atomic E-state index is 11.9. The first-order valence-electron chi connectivity index (χ1n) is 5.19. The number of nitrogen functional groups attached to an aromatic ring is 1. The molecule has 92 valence electrons. The van der Waals surface area contributed by atoms with Crippen LogP contribution in [0, 0.1) is 0 Å². The van der Waals surface area contributed by atoms with E-state index in [0.717, 1.165) is 0 Å². The average Bonchev–Trinajstić information content (AvgIpc) is 2.86. The summed E-state index contributed by atoms with van der Waals surface area (Å²) in [5, 5.41) is 1.94. The third-order valence-electron chi connectivity index (χ3n) is 2.51. The molecule has 0 radical (unpaired) electrons. The van der Waals surface area contributed by atoms with Gasteiger partial charge >= 0.3 is 11.9 Å². The molecule has 17 heavy (non-hydrogen) atoms. The predicted octanol–water partition coefficient (Wildman–Crippen LogP) is 0.821. The second-order valence-corrected chi connectivity index (χ2v) is 4.48. The van der Waals surface area contributed by atoms with Crippen molar-refractivity contribution in [2.45, 2.75) is 25.4 Å². The van der Waals surface area contributed by atoms with Gasteiger partial charge in [0.2, 0.25) is 0 Å². The molecular formula is C10H12N2O4S. The van der Waals surface area contributed by atoms with Crippen molar-refractivity contribution in [3.63, 3.8) is 0 Å². The van der Waals surface area contributed by atoms with Gasteiger partial charge in [0.15, 0.2) is 5.13 Å². The van der Waals surface area contributed by atoms with Gasteiger partial charge in [0.1, 0.15) is 5.69 Å². The maximum Gasteiger partial charge on any atom is 0.357 e. The molecule has 0 unspecified atom stereocenters. The van der Waals surface area contributed by atoms with E-state index >= 15 is 0 Å². The van der Waals surface area contributed by atoms with Crippen molar-refractivity contribution in [2.75, 3.05) is 12.3 Å². The van der Waals surface area contributed by atoms with E-state index in [9.17, 15) is 9.59 Å². The first-order chi connectivity index (χ1) is 8.08. The van der Waals surface area contributed by atoms with E-state index in [1.54, 1.807) is 12.3 Å². The highest BCUT2D eigenvalue weighted by molar-refractivity contribution is 7.13. The molecule has 1 aliphatic heterocycles. The molecule has 2 rings (SSSR count). The molecule has 1 atom stereocenters. The number of cyclic esters (lactones) is 1. The van der Waals surface area contributed by atoms with Gasteiger partial charge in [-0.2, -0.15) is 0 Å². The fourth-order valence-electron chi connectivity index (χ4n) is 1.72. The zero-order valence-corrected chi connectivity index (χ0v) is 10.1. The number of esters is 2. The molecule has 1 saturated heterocycles. The molecule has 1 aliphatic rings. The monoisotopic (exact) mass is 256 g/mol. The number of anilines is 1. The SMILES string of the molecule is CCOC(=O)[C@]1(c2csc(N)n2)CCC(=O)O1. The molecule has 0 amide bonds. The van der Waals surface area contributed by atoms with Gasteiger partial charge in [0.25, 0.3) is 5.60 Å². The summed E-state index contributed by atoms with van der Waals surface area (Å²) in [6, 6.07) is 0. The Balaban J connectivity index is 2.37. The van der Waals surface area contributed by atoms with E-state index in [4.69, 9.17) is 15.2 Å². The second kappa shape index (κ2) is 4.33. The van der Waals surface area contributed by atoms with Crippen LogP contribution in [0.3, 0.4) is 0 Å². The van der Waals surface area contributed by atoms with Crippen LogP contribution in [0.15, 0.2) is 5.38 Å². The molecule has 2 N–H and O–H groups in total. The quantitative estimate of drug-likeness (QED) is 0.805. The number of aromatic nitrogens is 1. The van der Waals surface area contributed by atoms with Crippen LogP contribution in [0.25, 0.3) is 0 Å². The van der Waals surface area contributed by atoms with Crippen LogP contribution in [0.4, 0.5) is 5.13 Å². The number of thiazole rings is 1. The summed E-state index contributed by atoms with van der Waals surface area (Å²) >= 11 is 1.19. The number of rotatable bonds is 3. The van der Waals surface area contributed by atoms with Gasteiger partial charge in [0.05, 0.1) is 13.0 Å². The lowest BCUT2D eigenvalue weighted by molar-refractivity contribution is -0.175. The lowest BCUT2D eigenvalue weighted by Gasteiger charge is -2.22. The highest BCUT2D eigenvalue weighted by atomic mass is 32.1. The minimum absolute atomic E-state index is 0.177. The fourth-order valence-corrected chi connectivity index (χ4v) is 2.35. The molecule has 2 heterocycles. The summed E-state index contributed by atoms with van der Waals surface area (Å²) < 4.78 is 10.1. The molecule has 0 bridgehead atoms. The van der Waals surface area contributed by atoms with Crippen molar-refractivity contribution in [1.29, 1.82) is 0 Å². The van der Waals surface area contributed by atoms with Gasteiger partial charge in [0, 0.05) is 11.8 Å². The third kappa shape index (κ3) is 1.97. The summed E-state index contributed by atoms with van der Waals surface area (Å²) in [7, 11) is 0. The second-order valence-electron chi connectivity index (χ2n) is 3.59. The summed E-state index contributed by atoms with van der Waals surface area (Å²) in [5.41, 5.74) is 4.48. The summed E-state index contributed by atoms with van der Waals surface area (Å²) in [6.45, 7) is 1.91. The van der Waals surface area contributed by atoms with Crippen LogP contribution in [0.5, 0.6) is 0 Å². The number of hydrogen-bond donors (Lipinski definition) is 1. The topological polar surface area (TPSA) is 91.5 Å². The number of nitrogens with two attached hydrogens (primary N) is 1. The Labute approximate surface area is 102 Å². The molecule has 0 saturated carbocycles. The number of nitrogens with zero attached hydrogens (tertiary/aromatic N) is 1. The van der Waals surface area contributed by atoms with Gasteiger partial charge in [-0.15, -0.1) is 11.3 Å². The van der Waals surface area contributed by atoms with E-state index in [-0.39, 0.29) is 19.4 Å². The molecule has 1 aromatic rings. The Morgan fingerprint density at radius 1 is 1.76 bits per heavy atom. The molecule has 0 aliphatic carbocycles. The summed E-state index contributed by atoms with van der Waals surface area (Å²) in [5.74, 6) is -1.01.